The lowest BCUT2D eigenvalue weighted by Gasteiger charge is -2.38. The molecule has 0 spiro atoms. The van der Waals surface area contributed by atoms with Gasteiger partial charge >= 0.3 is 0 Å². The van der Waals surface area contributed by atoms with Gasteiger partial charge in [0.25, 0.3) is 0 Å². The molecule has 2 fully saturated rings. The Morgan fingerprint density at radius 2 is 1.90 bits per heavy atom. The smallest absolute Gasteiger partial charge is 0.0349 e. The summed E-state index contributed by atoms with van der Waals surface area (Å²) in [5.41, 5.74) is 1.46. The average Bonchev–Trinajstić information content (AvgIpc) is 3.29. The minimum atomic E-state index is 0.553. The van der Waals surface area contributed by atoms with Crippen molar-refractivity contribution in [3.8, 4) is 0 Å². The molecule has 1 aromatic carbocycles. The fraction of sp³-hybridized carbons (Fsp3) is 0.647. The summed E-state index contributed by atoms with van der Waals surface area (Å²) >= 11 is 0. The van der Waals surface area contributed by atoms with E-state index < -0.39 is 0 Å². The lowest BCUT2D eigenvalue weighted by Crippen LogP contribution is -2.54. The van der Waals surface area contributed by atoms with Crippen LogP contribution in [0.1, 0.15) is 24.4 Å². The highest BCUT2D eigenvalue weighted by molar-refractivity contribution is 5.21. The summed E-state index contributed by atoms with van der Waals surface area (Å²) < 4.78 is 0. The molecule has 1 heterocycles. The van der Waals surface area contributed by atoms with Gasteiger partial charge in [0.15, 0.2) is 0 Å². The summed E-state index contributed by atoms with van der Waals surface area (Å²) in [4.78, 5) is 4.95. The van der Waals surface area contributed by atoms with Gasteiger partial charge in [0.1, 0.15) is 0 Å². The van der Waals surface area contributed by atoms with Crippen molar-refractivity contribution in [3.63, 3.8) is 0 Å². The Morgan fingerprint density at radius 1 is 1.15 bits per heavy atom. The van der Waals surface area contributed by atoms with E-state index in [4.69, 9.17) is 0 Å². The standard InChI is InChI=1S/C17H27N3/c1-19-10-11-20(2)16(13-19)12-18-17(15-8-9-15)14-6-4-3-5-7-14/h3-7,15-18H,8-13H2,1-2H3. The van der Waals surface area contributed by atoms with Gasteiger partial charge in [0.2, 0.25) is 0 Å². The van der Waals surface area contributed by atoms with E-state index in [1.807, 2.05) is 0 Å². The zero-order valence-corrected chi connectivity index (χ0v) is 12.8. The van der Waals surface area contributed by atoms with Gasteiger partial charge in [-0.2, -0.15) is 0 Å². The maximum Gasteiger partial charge on any atom is 0.0349 e. The predicted molar refractivity (Wildman–Crippen MR) is 83.8 cm³/mol. The van der Waals surface area contributed by atoms with E-state index in [9.17, 15) is 0 Å². The van der Waals surface area contributed by atoms with Crippen molar-refractivity contribution >= 4 is 0 Å². The third-order valence-corrected chi connectivity index (χ3v) is 4.81. The molecular formula is C17H27N3. The van der Waals surface area contributed by atoms with Gasteiger partial charge in [-0.3, -0.25) is 4.90 Å². The number of benzene rings is 1. The fourth-order valence-corrected chi connectivity index (χ4v) is 3.23. The zero-order chi connectivity index (χ0) is 13.9. The van der Waals surface area contributed by atoms with Crippen molar-refractivity contribution in [3.05, 3.63) is 35.9 Å². The van der Waals surface area contributed by atoms with E-state index in [0.717, 1.165) is 12.5 Å². The molecule has 3 rings (SSSR count). The quantitative estimate of drug-likeness (QED) is 0.885. The number of hydrogen-bond acceptors (Lipinski definition) is 3. The lowest BCUT2D eigenvalue weighted by molar-refractivity contribution is 0.110. The van der Waals surface area contributed by atoms with Crippen molar-refractivity contribution in [2.75, 3.05) is 40.3 Å². The van der Waals surface area contributed by atoms with Gasteiger partial charge in [-0.1, -0.05) is 30.3 Å². The molecule has 1 aromatic rings. The summed E-state index contributed by atoms with van der Waals surface area (Å²) in [6, 6.07) is 12.2. The number of nitrogens with zero attached hydrogens (tertiary/aromatic N) is 2. The molecule has 1 aliphatic carbocycles. The second-order valence-electron chi connectivity index (χ2n) is 6.53. The van der Waals surface area contributed by atoms with E-state index >= 15 is 0 Å². The normalized spacial score (nSPS) is 26.6. The van der Waals surface area contributed by atoms with Crippen LogP contribution in [0, 0.1) is 5.92 Å². The predicted octanol–water partition coefficient (Wildman–Crippen LogP) is 1.97. The Balaban J connectivity index is 1.60. The largest absolute Gasteiger partial charge is 0.308 e. The number of nitrogens with one attached hydrogen (secondary N) is 1. The number of likely N-dealkylation sites (N-methyl/N-ethyl adjacent to an activating group) is 2. The lowest BCUT2D eigenvalue weighted by atomic mass is 10.0. The molecule has 2 atom stereocenters. The molecule has 1 saturated heterocycles. The van der Waals surface area contributed by atoms with E-state index in [2.05, 4.69) is 59.5 Å². The Morgan fingerprint density at radius 3 is 2.60 bits per heavy atom. The molecule has 3 nitrogen and oxygen atoms in total. The van der Waals surface area contributed by atoms with Crippen LogP contribution in [-0.2, 0) is 0 Å². The highest BCUT2D eigenvalue weighted by atomic mass is 15.3. The summed E-state index contributed by atoms with van der Waals surface area (Å²) in [5, 5.41) is 3.85. The zero-order valence-electron chi connectivity index (χ0n) is 12.8. The second kappa shape index (κ2) is 6.25. The van der Waals surface area contributed by atoms with Crippen molar-refractivity contribution in [1.82, 2.24) is 15.1 Å². The van der Waals surface area contributed by atoms with Crippen LogP contribution in [-0.4, -0.2) is 56.1 Å². The molecule has 3 heteroatoms. The molecule has 1 saturated carbocycles. The molecule has 0 amide bonds. The third kappa shape index (κ3) is 3.40. The molecular weight excluding hydrogens is 246 g/mol. The minimum Gasteiger partial charge on any atom is -0.308 e. The second-order valence-corrected chi connectivity index (χ2v) is 6.53. The van der Waals surface area contributed by atoms with E-state index in [1.54, 1.807) is 0 Å². The van der Waals surface area contributed by atoms with Crippen LogP contribution in [0.15, 0.2) is 30.3 Å². The first kappa shape index (κ1) is 14.1. The van der Waals surface area contributed by atoms with Crippen LogP contribution < -0.4 is 5.32 Å². The summed E-state index contributed by atoms with van der Waals surface area (Å²) in [6.07, 6.45) is 2.76. The van der Waals surface area contributed by atoms with Gasteiger partial charge in [0, 0.05) is 38.3 Å². The molecule has 110 valence electrons. The summed E-state index contributed by atoms with van der Waals surface area (Å²) in [5.74, 6) is 0.851. The summed E-state index contributed by atoms with van der Waals surface area (Å²) in [7, 11) is 4.49. The Bertz CT molecular complexity index is 416. The molecule has 1 N–H and O–H groups in total. The van der Waals surface area contributed by atoms with Gasteiger partial charge in [-0.15, -0.1) is 0 Å². The average molecular weight is 273 g/mol. The van der Waals surface area contributed by atoms with E-state index in [0.29, 0.717) is 12.1 Å². The van der Waals surface area contributed by atoms with Gasteiger partial charge in [0.05, 0.1) is 0 Å². The molecule has 0 aromatic heterocycles. The maximum atomic E-state index is 3.85. The Kier molecular flexibility index (Phi) is 4.39. The monoisotopic (exact) mass is 273 g/mol. The van der Waals surface area contributed by atoms with E-state index in [1.165, 1.54) is 38.0 Å². The topological polar surface area (TPSA) is 18.5 Å². The van der Waals surface area contributed by atoms with Gasteiger partial charge in [-0.05, 0) is 38.4 Å². The fourth-order valence-electron chi connectivity index (χ4n) is 3.23. The number of piperazine rings is 1. The molecule has 20 heavy (non-hydrogen) atoms. The minimum absolute atomic E-state index is 0.553. The highest BCUT2D eigenvalue weighted by Gasteiger charge is 2.33. The maximum absolute atomic E-state index is 3.85. The van der Waals surface area contributed by atoms with Crippen LogP contribution in [0.4, 0.5) is 0 Å². The molecule has 0 radical (unpaired) electrons. The summed E-state index contributed by atoms with van der Waals surface area (Å²) in [6.45, 7) is 4.65. The van der Waals surface area contributed by atoms with Crippen molar-refractivity contribution in [2.24, 2.45) is 5.92 Å². The Labute approximate surface area is 123 Å². The molecule has 1 aliphatic heterocycles. The number of hydrogen-bond donors (Lipinski definition) is 1. The van der Waals surface area contributed by atoms with Crippen LogP contribution in [0.25, 0.3) is 0 Å². The first-order valence-electron chi connectivity index (χ1n) is 7.91. The third-order valence-electron chi connectivity index (χ3n) is 4.81. The SMILES string of the molecule is CN1CCN(C)C(CNC(c2ccccc2)C2CC2)C1. The van der Waals surface area contributed by atoms with Crippen LogP contribution in [0.2, 0.25) is 0 Å². The molecule has 0 bridgehead atoms. The van der Waals surface area contributed by atoms with Gasteiger partial charge < -0.3 is 10.2 Å². The first-order valence-corrected chi connectivity index (χ1v) is 7.91. The van der Waals surface area contributed by atoms with Crippen molar-refractivity contribution in [1.29, 1.82) is 0 Å². The van der Waals surface area contributed by atoms with Crippen molar-refractivity contribution in [2.45, 2.75) is 24.9 Å². The molecule has 2 unspecified atom stereocenters. The Hall–Kier alpha value is -0.900. The highest BCUT2D eigenvalue weighted by Crippen LogP contribution is 2.40. The van der Waals surface area contributed by atoms with Crippen LogP contribution >= 0.6 is 0 Å². The number of rotatable bonds is 5. The van der Waals surface area contributed by atoms with Crippen LogP contribution in [0.5, 0.6) is 0 Å². The first-order chi connectivity index (χ1) is 9.74. The molecule has 2 aliphatic rings. The van der Waals surface area contributed by atoms with Crippen molar-refractivity contribution < 1.29 is 0 Å². The van der Waals surface area contributed by atoms with Crippen LogP contribution in [0.3, 0.4) is 0 Å². The van der Waals surface area contributed by atoms with E-state index in [-0.39, 0.29) is 0 Å². The van der Waals surface area contributed by atoms with Gasteiger partial charge in [-0.25, -0.2) is 0 Å².